The monoisotopic (exact) mass is 212 g/mol. The lowest BCUT2D eigenvalue weighted by Gasteiger charge is -2.32. The van der Waals surface area contributed by atoms with Crippen LogP contribution in [0.15, 0.2) is 0 Å². The van der Waals surface area contributed by atoms with Gasteiger partial charge in [-0.1, -0.05) is 6.92 Å². The first-order chi connectivity index (χ1) is 4.94. The van der Waals surface area contributed by atoms with Gasteiger partial charge in [-0.2, -0.15) is 0 Å². The normalized spacial score (nSPS) is 32.0. The van der Waals surface area contributed by atoms with Crippen LogP contribution < -0.4 is 0 Å². The fourth-order valence-electron chi connectivity index (χ4n) is 1.27. The Bertz CT molecular complexity index is 226. The molecule has 0 aliphatic heterocycles. The molecule has 0 unspecified atom stereocenters. The molecule has 0 bridgehead atoms. The quantitative estimate of drug-likeness (QED) is 0.535. The summed E-state index contributed by atoms with van der Waals surface area (Å²) in [6, 6.07) is 0. The first-order valence-corrected chi connectivity index (χ1v) is 6.17. The zero-order chi connectivity index (χ0) is 8.65. The molecular formula is C6H12O2S3. The molecule has 0 aromatic rings. The van der Waals surface area contributed by atoms with Crippen LogP contribution in [0.25, 0.3) is 0 Å². The molecule has 0 amide bonds. The Labute approximate surface area is 78.5 Å². The van der Waals surface area contributed by atoms with Crippen molar-refractivity contribution in [3.8, 4) is 0 Å². The Kier molecular flexibility index (Phi) is 2.82. The molecule has 1 aliphatic rings. The molecule has 0 saturated heterocycles. The molecule has 2 nitrogen and oxygen atoms in total. The van der Waals surface area contributed by atoms with Crippen LogP contribution in [0.1, 0.15) is 19.8 Å². The lowest BCUT2D eigenvalue weighted by Crippen LogP contribution is -2.37. The molecule has 0 heterocycles. The van der Waals surface area contributed by atoms with Gasteiger partial charge in [0.05, 0.1) is 5.25 Å². The standard InChI is InChI=1S/C6H12O2S3/c1-4-2-5(3-4)11(7,8)6(9)10/h4-6,9-10H,2-3H2,1H3. The van der Waals surface area contributed by atoms with E-state index in [1.54, 1.807) is 0 Å². The van der Waals surface area contributed by atoms with Gasteiger partial charge in [-0.05, 0) is 18.8 Å². The van der Waals surface area contributed by atoms with E-state index in [0.717, 1.165) is 12.8 Å². The predicted molar refractivity (Wildman–Crippen MR) is 52.9 cm³/mol. The van der Waals surface area contributed by atoms with Crippen molar-refractivity contribution >= 4 is 35.1 Å². The largest absolute Gasteiger partial charge is 0.227 e. The summed E-state index contributed by atoms with van der Waals surface area (Å²) in [4.78, 5) is 0. The van der Waals surface area contributed by atoms with Crippen molar-refractivity contribution in [1.29, 1.82) is 0 Å². The highest BCUT2D eigenvalue weighted by Gasteiger charge is 2.38. The molecule has 1 fully saturated rings. The van der Waals surface area contributed by atoms with Crippen LogP contribution in [0.2, 0.25) is 0 Å². The number of sulfone groups is 1. The maximum absolute atomic E-state index is 11.3. The van der Waals surface area contributed by atoms with Crippen molar-refractivity contribution in [3.63, 3.8) is 0 Å². The molecule has 11 heavy (non-hydrogen) atoms. The van der Waals surface area contributed by atoms with Gasteiger partial charge in [-0.3, -0.25) is 0 Å². The Morgan fingerprint density at radius 1 is 1.36 bits per heavy atom. The maximum Gasteiger partial charge on any atom is 0.174 e. The summed E-state index contributed by atoms with van der Waals surface area (Å²) >= 11 is 7.62. The van der Waals surface area contributed by atoms with E-state index in [1.165, 1.54) is 0 Å². The zero-order valence-corrected chi connectivity index (χ0v) is 8.87. The molecule has 0 aromatic carbocycles. The lowest BCUT2D eigenvalue weighted by atomic mass is 9.87. The summed E-state index contributed by atoms with van der Waals surface area (Å²) in [5.41, 5.74) is 0. The van der Waals surface area contributed by atoms with Gasteiger partial charge in [0, 0.05) is 0 Å². The third kappa shape index (κ3) is 1.87. The van der Waals surface area contributed by atoms with Crippen molar-refractivity contribution in [2.75, 3.05) is 0 Å². The van der Waals surface area contributed by atoms with Gasteiger partial charge in [0.15, 0.2) is 9.84 Å². The minimum Gasteiger partial charge on any atom is -0.227 e. The molecule has 0 atom stereocenters. The second-order valence-corrected chi connectivity index (χ2v) is 7.57. The van der Waals surface area contributed by atoms with Gasteiger partial charge in [0.1, 0.15) is 3.91 Å². The van der Waals surface area contributed by atoms with E-state index < -0.39 is 13.8 Å². The highest BCUT2D eigenvalue weighted by atomic mass is 32.3. The second kappa shape index (κ2) is 3.18. The van der Waals surface area contributed by atoms with Gasteiger partial charge in [-0.25, -0.2) is 8.42 Å². The minimum atomic E-state index is -3.04. The first-order valence-electron chi connectivity index (χ1n) is 3.53. The van der Waals surface area contributed by atoms with E-state index >= 15 is 0 Å². The van der Waals surface area contributed by atoms with Gasteiger partial charge >= 0.3 is 0 Å². The molecular weight excluding hydrogens is 200 g/mol. The van der Waals surface area contributed by atoms with Gasteiger partial charge in [0.2, 0.25) is 0 Å². The number of thiol groups is 2. The molecule has 0 radical (unpaired) electrons. The Hall–Kier alpha value is 0.650. The summed E-state index contributed by atoms with van der Waals surface area (Å²) in [5, 5.41) is -0.183. The van der Waals surface area contributed by atoms with Crippen molar-refractivity contribution in [2.24, 2.45) is 5.92 Å². The van der Waals surface area contributed by atoms with Crippen LogP contribution in [0.3, 0.4) is 0 Å². The van der Waals surface area contributed by atoms with Gasteiger partial charge in [0.25, 0.3) is 0 Å². The van der Waals surface area contributed by atoms with Gasteiger partial charge < -0.3 is 0 Å². The molecule has 5 heteroatoms. The molecule has 1 rings (SSSR count). The smallest absolute Gasteiger partial charge is 0.174 e. The lowest BCUT2D eigenvalue weighted by molar-refractivity contribution is 0.345. The fourth-order valence-corrected chi connectivity index (χ4v) is 3.84. The molecule has 0 N–H and O–H groups in total. The second-order valence-electron chi connectivity index (χ2n) is 3.11. The first kappa shape index (κ1) is 9.74. The Balaban J connectivity index is 2.62. The van der Waals surface area contributed by atoms with E-state index in [4.69, 9.17) is 0 Å². The Morgan fingerprint density at radius 2 is 1.82 bits per heavy atom. The van der Waals surface area contributed by atoms with Crippen LogP contribution in [-0.2, 0) is 9.84 Å². The highest BCUT2D eigenvalue weighted by molar-refractivity contribution is 8.18. The van der Waals surface area contributed by atoms with Crippen LogP contribution >= 0.6 is 25.3 Å². The van der Waals surface area contributed by atoms with Crippen LogP contribution in [0, 0.1) is 5.92 Å². The molecule has 0 spiro atoms. The summed E-state index contributed by atoms with van der Waals surface area (Å²) in [6.45, 7) is 2.05. The van der Waals surface area contributed by atoms with Crippen molar-refractivity contribution in [2.45, 2.75) is 28.9 Å². The van der Waals surface area contributed by atoms with E-state index in [2.05, 4.69) is 32.2 Å². The number of rotatable bonds is 2. The average Bonchev–Trinajstić information content (AvgIpc) is 1.80. The van der Waals surface area contributed by atoms with Crippen molar-refractivity contribution in [3.05, 3.63) is 0 Å². The highest BCUT2D eigenvalue weighted by Crippen LogP contribution is 2.35. The summed E-state index contributed by atoms with van der Waals surface area (Å²) in [6.07, 6.45) is 1.56. The van der Waals surface area contributed by atoms with E-state index in [-0.39, 0.29) is 5.25 Å². The van der Waals surface area contributed by atoms with Crippen molar-refractivity contribution in [1.82, 2.24) is 0 Å². The number of hydrogen-bond donors (Lipinski definition) is 2. The number of hydrogen-bond acceptors (Lipinski definition) is 4. The van der Waals surface area contributed by atoms with E-state index in [1.807, 2.05) is 0 Å². The van der Waals surface area contributed by atoms with Gasteiger partial charge in [-0.15, -0.1) is 25.3 Å². The summed E-state index contributed by atoms with van der Waals surface area (Å²) in [7, 11) is -3.04. The van der Waals surface area contributed by atoms with Crippen molar-refractivity contribution < 1.29 is 8.42 Å². The molecule has 1 saturated carbocycles. The van der Waals surface area contributed by atoms with E-state index in [9.17, 15) is 8.42 Å². The SMILES string of the molecule is CC1CC(S(=O)(=O)C(S)S)C1. The summed E-state index contributed by atoms with van der Waals surface area (Å²) in [5.74, 6) is 0.551. The fraction of sp³-hybridized carbons (Fsp3) is 1.00. The minimum absolute atomic E-state index is 0.183. The maximum atomic E-state index is 11.3. The molecule has 66 valence electrons. The van der Waals surface area contributed by atoms with Crippen LogP contribution in [-0.4, -0.2) is 17.6 Å². The summed E-state index contributed by atoms with van der Waals surface area (Å²) < 4.78 is 21.8. The predicted octanol–water partition coefficient (Wildman–Crippen LogP) is 1.34. The van der Waals surface area contributed by atoms with E-state index in [0.29, 0.717) is 5.92 Å². The van der Waals surface area contributed by atoms with Crippen LogP contribution in [0.4, 0.5) is 0 Å². The Morgan fingerprint density at radius 3 is 2.09 bits per heavy atom. The third-order valence-corrected chi connectivity index (χ3v) is 5.75. The average molecular weight is 212 g/mol. The zero-order valence-electron chi connectivity index (χ0n) is 6.27. The topological polar surface area (TPSA) is 34.1 Å². The van der Waals surface area contributed by atoms with Crippen LogP contribution in [0.5, 0.6) is 0 Å². The molecule has 0 aromatic heterocycles. The third-order valence-electron chi connectivity index (χ3n) is 2.09. The molecule has 1 aliphatic carbocycles.